The minimum absolute atomic E-state index is 0.322. The third-order valence-corrected chi connectivity index (χ3v) is 2.01. The molecule has 0 saturated heterocycles. The van der Waals surface area contributed by atoms with Crippen LogP contribution in [-0.2, 0) is 9.47 Å². The van der Waals surface area contributed by atoms with Crippen molar-refractivity contribution >= 4 is 6.16 Å². The Bertz CT molecular complexity index is 361. The van der Waals surface area contributed by atoms with E-state index in [1.807, 2.05) is 30.4 Å². The Hall–Kier alpha value is -1.77. The fourth-order valence-corrected chi connectivity index (χ4v) is 1.30. The van der Waals surface area contributed by atoms with Gasteiger partial charge >= 0.3 is 6.16 Å². The van der Waals surface area contributed by atoms with Gasteiger partial charge in [0.25, 0.3) is 0 Å². The van der Waals surface area contributed by atoms with E-state index in [4.69, 9.17) is 9.47 Å². The first-order valence-corrected chi connectivity index (χ1v) is 4.77. The number of hydrogen-bond acceptors (Lipinski definition) is 3. The van der Waals surface area contributed by atoms with Crippen LogP contribution in [0.4, 0.5) is 4.79 Å². The second-order valence-corrected chi connectivity index (χ2v) is 3.16. The van der Waals surface area contributed by atoms with Crippen LogP contribution in [0.2, 0.25) is 0 Å². The highest BCUT2D eigenvalue weighted by Gasteiger charge is 2.15. The van der Waals surface area contributed by atoms with Crippen LogP contribution in [0.25, 0.3) is 0 Å². The summed E-state index contributed by atoms with van der Waals surface area (Å²) < 4.78 is 10.0. The molecule has 0 bridgehead atoms. The van der Waals surface area contributed by atoms with Crippen molar-refractivity contribution in [1.82, 2.24) is 0 Å². The van der Waals surface area contributed by atoms with Crippen molar-refractivity contribution in [2.45, 2.75) is 12.5 Å². The van der Waals surface area contributed by atoms with E-state index < -0.39 is 6.16 Å². The molecule has 77 valence electrons. The number of carbonyl (C=O) groups excluding carboxylic acids is 1. The lowest BCUT2D eigenvalue weighted by Gasteiger charge is -2.13. The minimum atomic E-state index is -0.661. The van der Waals surface area contributed by atoms with Crippen LogP contribution in [-0.4, -0.2) is 12.3 Å². The molecule has 1 atom stereocenters. The summed E-state index contributed by atoms with van der Waals surface area (Å²) in [6.45, 7) is 0. The van der Waals surface area contributed by atoms with Crippen LogP contribution < -0.4 is 0 Å². The van der Waals surface area contributed by atoms with Crippen molar-refractivity contribution in [2.24, 2.45) is 0 Å². The molecule has 0 aromatic heterocycles. The highest BCUT2D eigenvalue weighted by molar-refractivity contribution is 5.62. The van der Waals surface area contributed by atoms with Gasteiger partial charge in [0.15, 0.2) is 0 Å². The number of ether oxygens (including phenoxy) is 2. The van der Waals surface area contributed by atoms with Crippen molar-refractivity contribution in [3.8, 4) is 0 Å². The molecular weight excluding hydrogens is 192 g/mol. The molecule has 0 aromatic rings. The average Bonchev–Trinajstić information content (AvgIpc) is 2.71. The summed E-state index contributed by atoms with van der Waals surface area (Å²) >= 11 is 0. The van der Waals surface area contributed by atoms with Crippen LogP contribution in [0.15, 0.2) is 48.3 Å². The molecule has 0 heterocycles. The van der Waals surface area contributed by atoms with Crippen molar-refractivity contribution in [2.75, 3.05) is 0 Å². The van der Waals surface area contributed by atoms with Gasteiger partial charge in [-0.1, -0.05) is 30.4 Å². The third kappa shape index (κ3) is 2.84. The molecule has 3 heteroatoms. The lowest BCUT2D eigenvalue weighted by molar-refractivity contribution is 0.0655. The number of allylic oxidation sites excluding steroid dienone is 5. The number of rotatable bonds is 2. The molecule has 1 unspecified atom stereocenters. The zero-order valence-corrected chi connectivity index (χ0v) is 8.13. The molecule has 0 fully saturated rings. The summed E-state index contributed by atoms with van der Waals surface area (Å²) in [6, 6.07) is 0. The Balaban J connectivity index is 1.77. The van der Waals surface area contributed by atoms with Crippen molar-refractivity contribution in [3.63, 3.8) is 0 Å². The standard InChI is InChI=1S/C12H11O3/c13-12(15-11-8-4-5-9-11)14-10-6-2-1-3-7-10/h1-8,10H,9H2. The molecular formula is C12H11O3. The molecule has 0 spiro atoms. The zero-order valence-electron chi connectivity index (χ0n) is 8.13. The Morgan fingerprint density at radius 2 is 2.20 bits per heavy atom. The molecule has 0 N–H and O–H groups in total. The Kier molecular flexibility index (Phi) is 3.02. The van der Waals surface area contributed by atoms with E-state index >= 15 is 0 Å². The molecule has 2 aliphatic rings. The maximum atomic E-state index is 11.3. The lowest BCUT2D eigenvalue weighted by Crippen LogP contribution is -2.17. The molecule has 0 saturated carbocycles. The predicted molar refractivity (Wildman–Crippen MR) is 55.8 cm³/mol. The predicted octanol–water partition coefficient (Wildman–Crippen LogP) is 2.68. The van der Waals surface area contributed by atoms with Crippen molar-refractivity contribution < 1.29 is 14.3 Å². The Morgan fingerprint density at radius 3 is 2.87 bits per heavy atom. The van der Waals surface area contributed by atoms with Gasteiger partial charge in [-0.05, 0) is 12.2 Å². The molecule has 1 radical (unpaired) electrons. The molecule has 15 heavy (non-hydrogen) atoms. The van der Waals surface area contributed by atoms with Gasteiger partial charge in [0.1, 0.15) is 11.9 Å². The van der Waals surface area contributed by atoms with E-state index in [0.717, 1.165) is 0 Å². The average molecular weight is 203 g/mol. The number of hydrogen-bond donors (Lipinski definition) is 0. The van der Waals surface area contributed by atoms with Crippen LogP contribution in [0.5, 0.6) is 0 Å². The molecule has 0 aromatic carbocycles. The van der Waals surface area contributed by atoms with E-state index in [2.05, 4.69) is 0 Å². The topological polar surface area (TPSA) is 35.5 Å². The van der Waals surface area contributed by atoms with Gasteiger partial charge in [-0.15, -0.1) is 0 Å². The first kappa shape index (κ1) is 9.77. The summed E-state index contributed by atoms with van der Waals surface area (Å²) in [5.74, 6) is 0.621. The van der Waals surface area contributed by atoms with E-state index in [1.165, 1.54) is 0 Å². The normalized spacial score (nSPS) is 22.7. The molecule has 0 amide bonds. The summed E-state index contributed by atoms with van der Waals surface area (Å²) in [6.07, 6.45) is 14.3. The summed E-state index contributed by atoms with van der Waals surface area (Å²) in [5.41, 5.74) is 0. The monoisotopic (exact) mass is 203 g/mol. The molecule has 3 nitrogen and oxygen atoms in total. The highest BCUT2D eigenvalue weighted by Crippen LogP contribution is 2.14. The Morgan fingerprint density at radius 1 is 1.27 bits per heavy atom. The number of carbonyl (C=O) groups is 1. The van der Waals surface area contributed by atoms with Gasteiger partial charge in [-0.2, -0.15) is 0 Å². The second kappa shape index (κ2) is 4.64. The van der Waals surface area contributed by atoms with E-state index in [9.17, 15) is 4.79 Å². The maximum absolute atomic E-state index is 11.3. The maximum Gasteiger partial charge on any atom is 0.514 e. The summed E-state index contributed by atoms with van der Waals surface area (Å²) in [7, 11) is 0. The first-order chi connectivity index (χ1) is 7.34. The molecule has 2 rings (SSSR count). The third-order valence-electron chi connectivity index (χ3n) is 2.01. The van der Waals surface area contributed by atoms with Crippen LogP contribution in [0, 0.1) is 6.42 Å². The highest BCUT2D eigenvalue weighted by atomic mass is 16.7. The smallest absolute Gasteiger partial charge is 0.426 e. The van der Waals surface area contributed by atoms with Crippen LogP contribution in [0.1, 0.15) is 6.42 Å². The van der Waals surface area contributed by atoms with Crippen molar-refractivity contribution in [3.05, 3.63) is 54.7 Å². The van der Waals surface area contributed by atoms with Crippen LogP contribution >= 0.6 is 0 Å². The first-order valence-electron chi connectivity index (χ1n) is 4.77. The summed E-state index contributed by atoms with van der Waals surface area (Å²) in [5, 5.41) is 0. The van der Waals surface area contributed by atoms with Gasteiger partial charge in [0.2, 0.25) is 0 Å². The van der Waals surface area contributed by atoms with Gasteiger partial charge in [0, 0.05) is 12.8 Å². The SMILES string of the molecule is O=C(OC1=CC=CC1)OC1[CH]C=CC=C1. The van der Waals surface area contributed by atoms with Gasteiger partial charge < -0.3 is 9.47 Å². The largest absolute Gasteiger partial charge is 0.514 e. The zero-order chi connectivity index (χ0) is 10.5. The lowest BCUT2D eigenvalue weighted by atomic mass is 10.1. The van der Waals surface area contributed by atoms with Crippen LogP contribution in [0.3, 0.4) is 0 Å². The second-order valence-electron chi connectivity index (χ2n) is 3.16. The molecule has 2 aliphatic carbocycles. The van der Waals surface area contributed by atoms with Gasteiger partial charge in [-0.25, -0.2) is 4.79 Å². The minimum Gasteiger partial charge on any atom is -0.426 e. The van der Waals surface area contributed by atoms with Gasteiger partial charge in [0.05, 0.1) is 0 Å². The van der Waals surface area contributed by atoms with E-state index in [1.54, 1.807) is 18.6 Å². The van der Waals surface area contributed by atoms with E-state index in [-0.39, 0.29) is 6.10 Å². The van der Waals surface area contributed by atoms with Crippen molar-refractivity contribution in [1.29, 1.82) is 0 Å². The molecule has 0 aliphatic heterocycles. The fraction of sp³-hybridized carbons (Fsp3) is 0.167. The van der Waals surface area contributed by atoms with Gasteiger partial charge in [-0.3, -0.25) is 0 Å². The quantitative estimate of drug-likeness (QED) is 0.647. The Labute approximate surface area is 88.4 Å². The fourth-order valence-electron chi connectivity index (χ4n) is 1.30. The summed E-state index contributed by atoms with van der Waals surface area (Å²) in [4.78, 5) is 11.3. The van der Waals surface area contributed by atoms with E-state index in [0.29, 0.717) is 12.2 Å².